The molecule has 0 radical (unpaired) electrons. The van der Waals surface area contributed by atoms with E-state index in [1.807, 2.05) is 17.9 Å². The molecule has 0 N–H and O–H groups in total. The van der Waals surface area contributed by atoms with Crippen LogP contribution in [0.4, 0.5) is 5.69 Å². The number of rotatable bonds is 2. The highest BCUT2D eigenvalue weighted by Gasteiger charge is 2.21. The van der Waals surface area contributed by atoms with E-state index in [9.17, 15) is 0 Å². The number of allylic oxidation sites excluding steroid dienone is 1. The molecule has 2 aromatic heterocycles. The van der Waals surface area contributed by atoms with Crippen LogP contribution in [-0.4, -0.2) is 52.9 Å². The van der Waals surface area contributed by atoms with Gasteiger partial charge in [-0.05, 0) is 36.4 Å². The van der Waals surface area contributed by atoms with Gasteiger partial charge in [0.1, 0.15) is 0 Å². The van der Waals surface area contributed by atoms with Gasteiger partial charge in [-0.25, -0.2) is 0 Å². The van der Waals surface area contributed by atoms with Crippen LogP contribution in [0.5, 0.6) is 0 Å². The van der Waals surface area contributed by atoms with Gasteiger partial charge in [-0.15, -0.1) is 0 Å². The summed E-state index contributed by atoms with van der Waals surface area (Å²) in [6.45, 7) is 4.35. The second kappa shape index (κ2) is 5.95. The van der Waals surface area contributed by atoms with Gasteiger partial charge >= 0.3 is 0 Å². The first-order valence-corrected chi connectivity index (χ1v) is 9.24. The first-order valence-electron chi connectivity index (χ1n) is 9.24. The molecule has 0 unspecified atom stereocenters. The van der Waals surface area contributed by atoms with Crippen molar-refractivity contribution in [2.24, 2.45) is 7.05 Å². The van der Waals surface area contributed by atoms with E-state index < -0.39 is 0 Å². The van der Waals surface area contributed by atoms with Crippen LogP contribution in [-0.2, 0) is 13.5 Å². The zero-order valence-corrected chi connectivity index (χ0v) is 15.3. The summed E-state index contributed by atoms with van der Waals surface area (Å²) >= 11 is 0. The van der Waals surface area contributed by atoms with Crippen molar-refractivity contribution in [3.63, 3.8) is 0 Å². The third kappa shape index (κ3) is 2.59. The fraction of sp³-hybridized carbons (Fsp3) is 0.333. The molecule has 0 saturated carbocycles. The Hall–Kier alpha value is -2.66. The second-order valence-electron chi connectivity index (χ2n) is 7.38. The quantitative estimate of drug-likeness (QED) is 0.716. The minimum absolute atomic E-state index is 0.915. The largest absolute Gasteiger partial charge is 0.368 e. The molecule has 0 spiro atoms. The molecule has 5 nitrogen and oxygen atoms in total. The smallest absolute Gasteiger partial charge is 0.0923 e. The van der Waals surface area contributed by atoms with Crippen LogP contribution in [0.25, 0.3) is 16.5 Å². The Morgan fingerprint density at radius 1 is 1.00 bits per heavy atom. The number of benzene rings is 1. The van der Waals surface area contributed by atoms with Crippen molar-refractivity contribution in [3.8, 4) is 0 Å². The minimum Gasteiger partial charge on any atom is -0.368 e. The maximum Gasteiger partial charge on any atom is 0.0923 e. The van der Waals surface area contributed by atoms with E-state index in [1.165, 1.54) is 33.5 Å². The molecule has 1 aliphatic carbocycles. The van der Waals surface area contributed by atoms with E-state index in [-0.39, 0.29) is 0 Å². The lowest BCUT2D eigenvalue weighted by Gasteiger charge is -2.34. The molecule has 2 aliphatic rings. The molecule has 3 heterocycles. The van der Waals surface area contributed by atoms with Crippen LogP contribution < -0.4 is 4.90 Å². The van der Waals surface area contributed by atoms with Crippen LogP contribution in [0.15, 0.2) is 42.7 Å². The highest BCUT2D eigenvalue weighted by Crippen LogP contribution is 2.35. The van der Waals surface area contributed by atoms with E-state index in [2.05, 4.69) is 58.5 Å². The summed E-state index contributed by atoms with van der Waals surface area (Å²) < 4.78 is 1.87. The Kier molecular flexibility index (Phi) is 3.57. The lowest BCUT2D eigenvalue weighted by Crippen LogP contribution is -2.44. The van der Waals surface area contributed by atoms with Crippen molar-refractivity contribution >= 4 is 22.2 Å². The number of likely N-dealkylation sites (N-methyl/N-ethyl adjacent to an activating group) is 1. The second-order valence-corrected chi connectivity index (χ2v) is 7.38. The Bertz CT molecular complexity index is 1010. The van der Waals surface area contributed by atoms with Crippen LogP contribution in [0.3, 0.4) is 0 Å². The normalized spacial score (nSPS) is 17.6. The maximum atomic E-state index is 4.77. The molecule has 1 fully saturated rings. The van der Waals surface area contributed by atoms with Gasteiger partial charge in [0.25, 0.3) is 0 Å². The summed E-state index contributed by atoms with van der Waals surface area (Å²) in [6, 6.07) is 8.87. The van der Waals surface area contributed by atoms with Crippen molar-refractivity contribution in [2.45, 2.75) is 6.42 Å². The van der Waals surface area contributed by atoms with E-state index in [4.69, 9.17) is 4.98 Å². The summed E-state index contributed by atoms with van der Waals surface area (Å²) in [5.74, 6) is 0. The van der Waals surface area contributed by atoms with Gasteiger partial charge in [-0.2, -0.15) is 5.10 Å². The highest BCUT2D eigenvalue weighted by molar-refractivity contribution is 5.90. The summed E-state index contributed by atoms with van der Waals surface area (Å²) in [4.78, 5) is 9.60. The van der Waals surface area contributed by atoms with Gasteiger partial charge in [0, 0.05) is 56.8 Å². The van der Waals surface area contributed by atoms with Gasteiger partial charge < -0.3 is 9.80 Å². The molecule has 132 valence electrons. The molecular weight excluding hydrogens is 322 g/mol. The number of aryl methyl sites for hydroxylation is 1. The van der Waals surface area contributed by atoms with Crippen LogP contribution in [0.1, 0.15) is 16.8 Å². The zero-order chi connectivity index (χ0) is 17.7. The predicted octanol–water partition coefficient (Wildman–Crippen LogP) is 2.71. The number of hydrogen-bond acceptors (Lipinski definition) is 4. The van der Waals surface area contributed by atoms with E-state index >= 15 is 0 Å². The molecule has 1 aliphatic heterocycles. The average Bonchev–Trinajstić information content (AvgIpc) is 3.23. The maximum absolute atomic E-state index is 4.77. The fourth-order valence-electron chi connectivity index (χ4n) is 4.01. The Morgan fingerprint density at radius 3 is 2.69 bits per heavy atom. The zero-order valence-electron chi connectivity index (χ0n) is 15.3. The van der Waals surface area contributed by atoms with Crippen molar-refractivity contribution in [2.75, 3.05) is 38.1 Å². The van der Waals surface area contributed by atoms with Crippen molar-refractivity contribution in [3.05, 3.63) is 59.6 Å². The van der Waals surface area contributed by atoms with Gasteiger partial charge in [0.2, 0.25) is 0 Å². The van der Waals surface area contributed by atoms with Crippen LogP contribution in [0.2, 0.25) is 0 Å². The monoisotopic (exact) mass is 345 g/mol. The molecule has 5 heteroatoms. The third-order valence-electron chi connectivity index (χ3n) is 5.54. The van der Waals surface area contributed by atoms with Crippen LogP contribution >= 0.6 is 0 Å². The summed E-state index contributed by atoms with van der Waals surface area (Å²) in [5, 5.41) is 5.66. The van der Waals surface area contributed by atoms with Crippen LogP contribution in [0, 0.1) is 0 Å². The van der Waals surface area contributed by atoms with Gasteiger partial charge in [0.15, 0.2) is 0 Å². The van der Waals surface area contributed by atoms with E-state index in [1.54, 1.807) is 0 Å². The first kappa shape index (κ1) is 15.6. The molecule has 3 aromatic rings. The topological polar surface area (TPSA) is 37.2 Å². The summed E-state index contributed by atoms with van der Waals surface area (Å²) in [7, 11) is 4.16. The number of nitrogens with zero attached hydrogens (tertiary/aromatic N) is 5. The Morgan fingerprint density at radius 2 is 1.85 bits per heavy atom. The highest BCUT2D eigenvalue weighted by atomic mass is 15.3. The Balaban J connectivity index is 1.50. The van der Waals surface area contributed by atoms with Gasteiger partial charge in [-0.1, -0.05) is 12.1 Å². The third-order valence-corrected chi connectivity index (χ3v) is 5.54. The number of piperazine rings is 1. The lowest BCUT2D eigenvalue weighted by atomic mass is 9.99. The molecule has 26 heavy (non-hydrogen) atoms. The molecule has 0 atom stereocenters. The van der Waals surface area contributed by atoms with Gasteiger partial charge in [0.05, 0.1) is 23.1 Å². The number of fused-ring (bicyclic) bond motifs is 2. The van der Waals surface area contributed by atoms with Gasteiger partial charge in [-0.3, -0.25) is 9.67 Å². The molecule has 1 aromatic carbocycles. The molecule has 0 bridgehead atoms. The minimum atomic E-state index is 0.915. The average molecular weight is 345 g/mol. The first-order chi connectivity index (χ1) is 12.7. The molecular formula is C21H23N5. The summed E-state index contributed by atoms with van der Waals surface area (Å²) in [5.41, 5.74) is 7.30. The molecule has 1 saturated heterocycles. The van der Waals surface area contributed by atoms with Crippen molar-refractivity contribution in [1.82, 2.24) is 19.7 Å². The fourth-order valence-corrected chi connectivity index (χ4v) is 4.01. The number of hydrogen-bond donors (Lipinski definition) is 0. The molecule has 5 rings (SSSR count). The number of pyridine rings is 1. The van der Waals surface area contributed by atoms with E-state index in [0.717, 1.165) is 38.1 Å². The molecule has 0 amide bonds. The standard InChI is InChI=1S/C21H23N5/c1-24-7-9-26(10-8-24)17-12-19-18(4-6-21(19)22-13-17)15-3-5-20-16(11-15)14-25(2)23-20/h3-5,11-14H,6-10H2,1-2H3. The Labute approximate surface area is 153 Å². The van der Waals surface area contributed by atoms with Crippen molar-refractivity contribution in [1.29, 1.82) is 0 Å². The lowest BCUT2D eigenvalue weighted by molar-refractivity contribution is 0.313. The predicted molar refractivity (Wildman–Crippen MR) is 105 cm³/mol. The number of anilines is 1. The van der Waals surface area contributed by atoms with E-state index in [0.29, 0.717) is 0 Å². The summed E-state index contributed by atoms with van der Waals surface area (Å²) in [6.07, 6.45) is 7.35. The number of aromatic nitrogens is 3. The SMILES string of the molecule is CN1CCN(c2cnc3c(c2)C(c2ccc4nn(C)cc4c2)=CC3)CC1. The van der Waals surface area contributed by atoms with Crippen molar-refractivity contribution < 1.29 is 0 Å².